The minimum absolute atomic E-state index is 0.329. The number of carbonyl (C=O) groups is 2. The predicted molar refractivity (Wildman–Crippen MR) is 105 cm³/mol. The van der Waals surface area contributed by atoms with Gasteiger partial charge in [0.2, 0.25) is 0 Å². The number of hydrogen-bond donors (Lipinski definition) is 3. The third-order valence-electron chi connectivity index (χ3n) is 3.67. The van der Waals surface area contributed by atoms with Crippen LogP contribution in [0.1, 0.15) is 24.3 Å². The Kier molecular flexibility index (Phi) is 7.85. The number of nitrogens with two attached hydrogens (primary N) is 1. The standard InChI is InChI=1S/C17H18BF3N4O5S/c1-5-13(17(19,20)21)30-12-6-11(23-7-10(12)18)14(27)25-16(3,8-31(4,28)29)15(22)24-9(2)26/h1,6-7,13H,8H2,2-4H3,(H,25,27)(H2,22,24,26)/p+1/t13-,16?/m0/s1. The summed E-state index contributed by atoms with van der Waals surface area (Å²) in [5, 5.41) is 10.3. The first-order chi connectivity index (χ1) is 14.0. The van der Waals surface area contributed by atoms with Gasteiger partial charge < -0.3 is 10.1 Å². The number of nitrogens with zero attached hydrogens (tertiary/aromatic N) is 1. The van der Waals surface area contributed by atoms with Crippen molar-refractivity contribution in [2.24, 2.45) is 0 Å². The average molecular weight is 459 g/mol. The summed E-state index contributed by atoms with van der Waals surface area (Å²) in [5.41, 5.74) is -2.59. The van der Waals surface area contributed by atoms with Crippen molar-refractivity contribution in [2.75, 3.05) is 12.0 Å². The van der Waals surface area contributed by atoms with Gasteiger partial charge in [-0.2, -0.15) is 13.2 Å². The van der Waals surface area contributed by atoms with Crippen molar-refractivity contribution in [1.82, 2.24) is 15.6 Å². The number of halogens is 3. The van der Waals surface area contributed by atoms with Gasteiger partial charge in [-0.25, -0.2) is 18.5 Å². The van der Waals surface area contributed by atoms with E-state index in [1.165, 1.54) is 12.8 Å². The molecular formula is C17H19BF3N4O5S+. The summed E-state index contributed by atoms with van der Waals surface area (Å²) in [7, 11) is 1.82. The Labute approximate surface area is 178 Å². The fourth-order valence-electron chi connectivity index (χ4n) is 2.34. The first kappa shape index (κ1) is 26.0. The van der Waals surface area contributed by atoms with Crippen molar-refractivity contribution in [3.05, 3.63) is 18.0 Å². The zero-order chi connectivity index (χ0) is 24.2. The Morgan fingerprint density at radius 3 is 2.45 bits per heavy atom. The number of ether oxygens (including phenoxy) is 1. The Hall–Kier alpha value is -3.08. The van der Waals surface area contributed by atoms with E-state index in [0.29, 0.717) is 0 Å². The zero-order valence-corrected chi connectivity index (χ0v) is 17.5. The van der Waals surface area contributed by atoms with Gasteiger partial charge in [0.1, 0.15) is 29.1 Å². The highest BCUT2D eigenvalue weighted by molar-refractivity contribution is 7.90. The van der Waals surface area contributed by atoms with Crippen LogP contribution in [0.5, 0.6) is 5.75 Å². The molecule has 14 heteroatoms. The highest BCUT2D eigenvalue weighted by Gasteiger charge is 2.42. The average Bonchev–Trinajstić information content (AvgIpc) is 2.57. The molecule has 1 rings (SSSR count). The van der Waals surface area contributed by atoms with Crippen LogP contribution in [0.2, 0.25) is 0 Å². The van der Waals surface area contributed by atoms with Gasteiger partial charge in [0.05, 0.1) is 5.75 Å². The second-order valence-electron chi connectivity index (χ2n) is 6.76. The minimum Gasteiger partial charge on any atom is -0.469 e. The third-order valence-corrected chi connectivity index (χ3v) is 4.77. The van der Waals surface area contributed by atoms with Crippen LogP contribution in [-0.4, -0.2) is 68.7 Å². The molecule has 0 bridgehead atoms. The fraction of sp³-hybridized carbons (Fsp3) is 0.412. The molecule has 4 N–H and O–H groups in total. The molecule has 166 valence electrons. The molecule has 1 heterocycles. The van der Waals surface area contributed by atoms with Gasteiger partial charge in [-0.3, -0.25) is 15.2 Å². The van der Waals surface area contributed by atoms with Crippen molar-refractivity contribution in [3.63, 3.8) is 0 Å². The largest absolute Gasteiger partial charge is 0.469 e. The summed E-state index contributed by atoms with van der Waals surface area (Å²) < 4.78 is 66.8. The number of aromatic nitrogens is 1. The highest BCUT2D eigenvalue weighted by atomic mass is 32.2. The van der Waals surface area contributed by atoms with E-state index in [4.69, 9.17) is 19.7 Å². The number of hydrogen-bond acceptors (Lipinski definition) is 6. The Morgan fingerprint density at radius 2 is 2.00 bits per heavy atom. The normalized spacial score (nSPS) is 14.5. The van der Waals surface area contributed by atoms with Crippen LogP contribution in [0, 0.1) is 12.3 Å². The van der Waals surface area contributed by atoms with E-state index in [-0.39, 0.29) is 11.3 Å². The highest BCUT2D eigenvalue weighted by Crippen LogP contribution is 2.24. The fourth-order valence-corrected chi connectivity index (χ4v) is 3.62. The van der Waals surface area contributed by atoms with Crippen molar-refractivity contribution >= 4 is 40.8 Å². The number of sulfone groups is 1. The number of pyridine rings is 1. The summed E-state index contributed by atoms with van der Waals surface area (Å²) >= 11 is 0. The summed E-state index contributed by atoms with van der Waals surface area (Å²) in [4.78, 5) is 27.6. The van der Waals surface area contributed by atoms with Crippen LogP contribution >= 0.6 is 0 Å². The molecule has 0 aromatic carbocycles. The monoisotopic (exact) mass is 459 g/mol. The van der Waals surface area contributed by atoms with E-state index in [9.17, 15) is 31.2 Å². The van der Waals surface area contributed by atoms with Gasteiger partial charge in [0, 0.05) is 25.4 Å². The second kappa shape index (κ2) is 9.38. The number of alkyl halides is 3. The summed E-state index contributed by atoms with van der Waals surface area (Å²) in [6.07, 6.45) is -0.959. The number of rotatable bonds is 7. The molecule has 9 nitrogen and oxygen atoms in total. The van der Waals surface area contributed by atoms with E-state index < -0.39 is 56.7 Å². The van der Waals surface area contributed by atoms with E-state index in [0.717, 1.165) is 25.4 Å². The van der Waals surface area contributed by atoms with Gasteiger partial charge in [0.25, 0.3) is 17.8 Å². The van der Waals surface area contributed by atoms with Crippen LogP contribution in [-0.2, 0) is 14.6 Å². The van der Waals surface area contributed by atoms with Crippen LogP contribution < -0.4 is 26.2 Å². The topological polar surface area (TPSA) is 140 Å². The van der Waals surface area contributed by atoms with E-state index in [1.807, 2.05) is 0 Å². The molecule has 0 aliphatic carbocycles. The molecule has 2 amide bonds. The van der Waals surface area contributed by atoms with E-state index in [2.05, 4.69) is 20.4 Å². The summed E-state index contributed by atoms with van der Waals surface area (Å²) in [6, 6.07) is 0.802. The molecule has 1 unspecified atom stereocenters. The maximum absolute atomic E-state index is 12.9. The zero-order valence-electron chi connectivity index (χ0n) is 16.7. The van der Waals surface area contributed by atoms with E-state index >= 15 is 0 Å². The van der Waals surface area contributed by atoms with Crippen molar-refractivity contribution in [1.29, 1.82) is 0 Å². The lowest BCUT2D eigenvalue weighted by molar-refractivity contribution is -0.176. The van der Waals surface area contributed by atoms with Gasteiger partial charge in [-0.15, -0.1) is 6.42 Å². The maximum Gasteiger partial charge on any atom is 0.437 e. The molecule has 2 radical (unpaired) electrons. The third kappa shape index (κ3) is 7.60. The smallest absolute Gasteiger partial charge is 0.437 e. The number of nitrogens with one attached hydrogen (secondary N) is 2. The summed E-state index contributed by atoms with van der Waals surface area (Å²) in [5.74, 6) is -1.90. The SMILES string of the molecule is [B]c1cnc(C(=O)NC(C)(CS(C)(=O)=O)C(=[NH2+])NC(C)=O)cc1O[C@@H](C#C)C(F)(F)F. The Morgan fingerprint density at radius 1 is 1.42 bits per heavy atom. The van der Waals surface area contributed by atoms with Crippen LogP contribution in [0.15, 0.2) is 12.3 Å². The number of terminal acetylenes is 1. The van der Waals surface area contributed by atoms with Gasteiger partial charge in [-0.1, -0.05) is 5.92 Å². The van der Waals surface area contributed by atoms with Gasteiger partial charge >= 0.3 is 12.1 Å². The van der Waals surface area contributed by atoms with Gasteiger partial charge in [-0.05, 0) is 12.4 Å². The second-order valence-corrected chi connectivity index (χ2v) is 8.90. The van der Waals surface area contributed by atoms with Crippen LogP contribution in [0.25, 0.3) is 0 Å². The molecule has 0 aliphatic rings. The molecule has 31 heavy (non-hydrogen) atoms. The van der Waals surface area contributed by atoms with E-state index in [1.54, 1.807) is 0 Å². The number of amidine groups is 1. The van der Waals surface area contributed by atoms with Crippen molar-refractivity contribution in [3.8, 4) is 18.1 Å². The van der Waals surface area contributed by atoms with Crippen molar-refractivity contribution in [2.45, 2.75) is 31.7 Å². The molecule has 0 saturated carbocycles. The lowest BCUT2D eigenvalue weighted by Gasteiger charge is -2.26. The molecule has 1 aromatic heterocycles. The van der Waals surface area contributed by atoms with Gasteiger partial charge in [0.15, 0.2) is 5.54 Å². The van der Waals surface area contributed by atoms with Crippen molar-refractivity contribution < 1.29 is 41.3 Å². The molecule has 2 atom stereocenters. The Balaban J connectivity index is 3.27. The molecule has 0 fully saturated rings. The maximum atomic E-state index is 12.9. The van der Waals surface area contributed by atoms with Crippen LogP contribution in [0.4, 0.5) is 13.2 Å². The van der Waals surface area contributed by atoms with Crippen LogP contribution in [0.3, 0.4) is 0 Å². The molecule has 1 aromatic rings. The summed E-state index contributed by atoms with van der Waals surface area (Å²) in [6.45, 7) is 2.34. The lowest BCUT2D eigenvalue weighted by atomic mass is 9.96. The number of carbonyl (C=O) groups excluding carboxylic acids is 2. The first-order valence-corrected chi connectivity index (χ1v) is 10.4. The predicted octanol–water partition coefficient (Wildman–Crippen LogP) is -2.35. The Bertz CT molecular complexity index is 1040. The molecule has 0 spiro atoms. The molecule has 0 saturated heterocycles. The minimum atomic E-state index is -4.90. The lowest BCUT2D eigenvalue weighted by Crippen LogP contribution is -2.70. The molecule has 0 aliphatic heterocycles. The molecular weight excluding hydrogens is 440 g/mol. The quantitative estimate of drug-likeness (QED) is 0.181. The number of amides is 2. The first-order valence-electron chi connectivity index (χ1n) is 8.34.